The number of hydrogen-bond acceptors (Lipinski definition) is 2. The van der Waals surface area contributed by atoms with Crippen molar-refractivity contribution < 1.29 is 4.79 Å². The lowest BCUT2D eigenvalue weighted by Gasteiger charge is -2.33. The van der Waals surface area contributed by atoms with E-state index in [0.29, 0.717) is 12.0 Å². The van der Waals surface area contributed by atoms with Crippen LogP contribution in [0.15, 0.2) is 0 Å². The molecule has 23 heavy (non-hydrogen) atoms. The first-order chi connectivity index (χ1) is 10.7. The van der Waals surface area contributed by atoms with E-state index < -0.39 is 0 Å². The maximum absolute atomic E-state index is 12.7. The highest BCUT2D eigenvalue weighted by Gasteiger charge is 2.37. The van der Waals surface area contributed by atoms with Crippen molar-refractivity contribution in [3.05, 3.63) is 17.0 Å². The Kier molecular flexibility index (Phi) is 5.37. The fraction of sp³-hybridized carbons (Fsp3) is 0.778. The van der Waals surface area contributed by atoms with Crippen LogP contribution in [0, 0.1) is 19.8 Å². The van der Waals surface area contributed by atoms with Crippen LogP contribution in [0.4, 0.5) is 4.79 Å². The molecule has 5 heteroatoms. The van der Waals surface area contributed by atoms with Crippen molar-refractivity contribution in [2.75, 3.05) is 0 Å². The van der Waals surface area contributed by atoms with Gasteiger partial charge in [0.2, 0.25) is 0 Å². The smallest absolute Gasteiger partial charge is 0.318 e. The summed E-state index contributed by atoms with van der Waals surface area (Å²) in [5.41, 5.74) is 3.48. The van der Waals surface area contributed by atoms with E-state index in [4.69, 9.17) is 0 Å². The lowest BCUT2D eigenvalue weighted by atomic mass is 10.0. The molecule has 1 aliphatic carbocycles. The van der Waals surface area contributed by atoms with E-state index in [0.717, 1.165) is 25.0 Å². The third-order valence-electron chi connectivity index (χ3n) is 5.12. The molecule has 2 atom stereocenters. The molecule has 0 bridgehead atoms. The number of amides is 2. The van der Waals surface area contributed by atoms with Gasteiger partial charge in [-0.25, -0.2) is 4.79 Å². The monoisotopic (exact) mass is 320 g/mol. The topological polar surface area (TPSA) is 50.2 Å². The summed E-state index contributed by atoms with van der Waals surface area (Å²) >= 11 is 0. The number of carbonyl (C=O) groups excluding carboxylic acids is 1. The molecule has 2 rings (SSSR count). The van der Waals surface area contributed by atoms with Crippen molar-refractivity contribution >= 4 is 6.03 Å². The third-order valence-corrected chi connectivity index (χ3v) is 5.12. The Balaban J connectivity index is 2.00. The van der Waals surface area contributed by atoms with E-state index in [9.17, 15) is 4.79 Å². The number of rotatable bonds is 6. The Bertz CT molecular complexity index is 560. The molecule has 1 fully saturated rings. The van der Waals surface area contributed by atoms with Crippen LogP contribution in [0.3, 0.4) is 0 Å². The first-order valence-corrected chi connectivity index (χ1v) is 8.80. The average Bonchev–Trinajstić information content (AvgIpc) is 3.24. The van der Waals surface area contributed by atoms with Gasteiger partial charge < -0.3 is 10.2 Å². The molecule has 5 nitrogen and oxygen atoms in total. The van der Waals surface area contributed by atoms with Crippen LogP contribution >= 0.6 is 0 Å². The van der Waals surface area contributed by atoms with Gasteiger partial charge >= 0.3 is 6.03 Å². The molecular weight excluding hydrogens is 288 g/mol. The first kappa shape index (κ1) is 17.8. The SMILES string of the molecule is Cc1nn(C)c(C)c1C[C@@H](C)NC(=O)N(C1CC1)[C@H](C)C(C)C. The van der Waals surface area contributed by atoms with Gasteiger partial charge in [0.1, 0.15) is 0 Å². The normalized spacial score (nSPS) is 17.2. The van der Waals surface area contributed by atoms with Gasteiger partial charge in [0.05, 0.1) is 5.69 Å². The summed E-state index contributed by atoms with van der Waals surface area (Å²) in [4.78, 5) is 14.8. The zero-order valence-electron chi connectivity index (χ0n) is 15.7. The van der Waals surface area contributed by atoms with Crippen molar-refractivity contribution in [2.45, 2.75) is 78.9 Å². The minimum atomic E-state index is 0.0837. The van der Waals surface area contributed by atoms with Crippen LogP contribution in [0.1, 0.15) is 57.5 Å². The van der Waals surface area contributed by atoms with E-state index in [-0.39, 0.29) is 18.1 Å². The van der Waals surface area contributed by atoms with Gasteiger partial charge in [-0.2, -0.15) is 5.10 Å². The van der Waals surface area contributed by atoms with Crippen LogP contribution in [0.2, 0.25) is 0 Å². The lowest BCUT2D eigenvalue weighted by Crippen LogP contribution is -2.50. The van der Waals surface area contributed by atoms with E-state index in [2.05, 4.69) is 49.9 Å². The average molecular weight is 320 g/mol. The maximum Gasteiger partial charge on any atom is 0.318 e. The van der Waals surface area contributed by atoms with Gasteiger partial charge in [0.15, 0.2) is 0 Å². The predicted molar refractivity (Wildman–Crippen MR) is 93.5 cm³/mol. The van der Waals surface area contributed by atoms with Crippen molar-refractivity contribution in [1.29, 1.82) is 0 Å². The van der Waals surface area contributed by atoms with E-state index in [1.54, 1.807) is 0 Å². The molecular formula is C18H32N4O. The van der Waals surface area contributed by atoms with Gasteiger partial charge in [-0.05, 0) is 58.4 Å². The minimum Gasteiger partial charge on any atom is -0.335 e. The summed E-state index contributed by atoms with van der Waals surface area (Å²) in [5.74, 6) is 0.472. The zero-order chi connectivity index (χ0) is 17.3. The van der Waals surface area contributed by atoms with Gasteiger partial charge in [0, 0.05) is 30.9 Å². The van der Waals surface area contributed by atoms with E-state index in [1.807, 2.05) is 18.7 Å². The van der Waals surface area contributed by atoms with Gasteiger partial charge in [-0.15, -0.1) is 0 Å². The minimum absolute atomic E-state index is 0.0837. The summed E-state index contributed by atoms with van der Waals surface area (Å²) in [5, 5.41) is 7.66. The highest BCUT2D eigenvalue weighted by Crippen LogP contribution is 2.30. The quantitative estimate of drug-likeness (QED) is 0.875. The second kappa shape index (κ2) is 6.93. The Morgan fingerprint density at radius 1 is 1.30 bits per heavy atom. The number of nitrogens with zero attached hydrogens (tertiary/aromatic N) is 3. The number of aromatic nitrogens is 2. The fourth-order valence-corrected chi connectivity index (χ4v) is 3.11. The van der Waals surface area contributed by atoms with Crippen LogP contribution < -0.4 is 5.32 Å². The van der Waals surface area contributed by atoms with Gasteiger partial charge in [-0.3, -0.25) is 4.68 Å². The molecule has 2 amide bonds. The number of carbonyl (C=O) groups is 1. The van der Waals surface area contributed by atoms with E-state index in [1.165, 1.54) is 11.3 Å². The Morgan fingerprint density at radius 2 is 1.91 bits per heavy atom. The number of hydrogen-bond donors (Lipinski definition) is 1. The van der Waals surface area contributed by atoms with Crippen LogP contribution in [-0.4, -0.2) is 38.8 Å². The second-order valence-corrected chi connectivity index (χ2v) is 7.45. The molecule has 0 aromatic carbocycles. The molecule has 130 valence electrons. The second-order valence-electron chi connectivity index (χ2n) is 7.45. The molecule has 0 saturated heterocycles. The van der Waals surface area contributed by atoms with Gasteiger partial charge in [0.25, 0.3) is 0 Å². The summed E-state index contributed by atoms with van der Waals surface area (Å²) in [6.07, 6.45) is 3.10. The van der Waals surface area contributed by atoms with Crippen molar-refractivity contribution in [1.82, 2.24) is 20.0 Å². The molecule has 1 aromatic rings. The van der Waals surface area contributed by atoms with Crippen LogP contribution in [-0.2, 0) is 13.5 Å². The highest BCUT2D eigenvalue weighted by molar-refractivity contribution is 5.75. The lowest BCUT2D eigenvalue weighted by molar-refractivity contribution is 0.154. The largest absolute Gasteiger partial charge is 0.335 e. The molecule has 1 saturated carbocycles. The zero-order valence-corrected chi connectivity index (χ0v) is 15.7. The van der Waals surface area contributed by atoms with Crippen molar-refractivity contribution in [3.63, 3.8) is 0 Å². The molecule has 0 unspecified atom stereocenters. The van der Waals surface area contributed by atoms with Crippen LogP contribution in [0.25, 0.3) is 0 Å². The molecule has 1 heterocycles. The third kappa shape index (κ3) is 4.06. The Hall–Kier alpha value is -1.52. The molecule has 0 radical (unpaired) electrons. The van der Waals surface area contributed by atoms with Gasteiger partial charge in [-0.1, -0.05) is 13.8 Å². The molecule has 0 spiro atoms. The Labute approximate surface area is 140 Å². The number of aryl methyl sites for hydroxylation is 2. The maximum atomic E-state index is 12.7. The molecule has 0 aliphatic heterocycles. The summed E-state index contributed by atoms with van der Waals surface area (Å²) in [6.45, 7) is 12.7. The molecule has 1 aliphatic rings. The summed E-state index contributed by atoms with van der Waals surface area (Å²) in [7, 11) is 1.97. The van der Waals surface area contributed by atoms with Crippen molar-refractivity contribution in [3.8, 4) is 0 Å². The standard InChI is InChI=1S/C18H32N4O/c1-11(2)14(5)22(16-8-9-16)18(23)19-12(3)10-17-13(4)20-21(7)15(17)6/h11-12,14,16H,8-10H2,1-7H3,(H,19,23)/t12-,14-/m1/s1. The predicted octanol–water partition coefficient (Wildman–Crippen LogP) is 3.19. The molecule has 1 aromatic heterocycles. The van der Waals surface area contributed by atoms with E-state index >= 15 is 0 Å². The summed E-state index contributed by atoms with van der Waals surface area (Å²) in [6, 6.07) is 0.892. The molecule has 1 N–H and O–H groups in total. The van der Waals surface area contributed by atoms with Crippen LogP contribution in [0.5, 0.6) is 0 Å². The highest BCUT2D eigenvalue weighted by atomic mass is 16.2. The summed E-state index contributed by atoms with van der Waals surface area (Å²) < 4.78 is 1.91. The number of nitrogens with one attached hydrogen (secondary N) is 1. The van der Waals surface area contributed by atoms with Crippen molar-refractivity contribution in [2.24, 2.45) is 13.0 Å². The fourth-order valence-electron chi connectivity index (χ4n) is 3.11. The number of urea groups is 1. The first-order valence-electron chi connectivity index (χ1n) is 8.80. The Morgan fingerprint density at radius 3 is 2.35 bits per heavy atom.